The number of aromatic nitrogens is 1. The number of pyridine rings is 1. The summed E-state index contributed by atoms with van der Waals surface area (Å²) < 4.78 is 134. The molecule has 16 nitrogen and oxygen atoms in total. The lowest BCUT2D eigenvalue weighted by atomic mass is 9.96. The molecule has 0 bridgehead atoms. The van der Waals surface area contributed by atoms with Crippen LogP contribution in [-0.2, 0) is 44.7 Å². The highest BCUT2D eigenvalue weighted by Crippen LogP contribution is 2.40. The molecule has 0 unspecified atom stereocenters. The summed E-state index contributed by atoms with van der Waals surface area (Å²) in [7, 11) is -18.8. The third-order valence-electron chi connectivity index (χ3n) is 7.14. The first-order valence-corrected chi connectivity index (χ1v) is 18.4. The minimum absolute atomic E-state index is 0.0532. The van der Waals surface area contributed by atoms with Crippen molar-refractivity contribution in [3.8, 4) is 5.69 Å². The Labute approximate surface area is 257 Å². The summed E-state index contributed by atoms with van der Waals surface area (Å²) in [4.78, 5) is 25.9. The molecule has 0 aliphatic carbocycles. The predicted octanol–water partition coefficient (Wildman–Crippen LogP) is 1.93. The minimum atomic E-state index is -5.08. The maximum atomic E-state index is 13.8. The second kappa shape index (κ2) is 10.4. The van der Waals surface area contributed by atoms with Gasteiger partial charge >= 0.3 is 10.4 Å². The van der Waals surface area contributed by atoms with Crippen LogP contribution in [0.15, 0.2) is 89.4 Å². The topological polar surface area (TPSA) is 259 Å². The van der Waals surface area contributed by atoms with Crippen LogP contribution in [0.1, 0.15) is 0 Å². The van der Waals surface area contributed by atoms with E-state index in [0.29, 0.717) is 4.57 Å². The fourth-order valence-corrected chi connectivity index (χ4v) is 7.83. The van der Waals surface area contributed by atoms with E-state index in [1.54, 1.807) is 0 Å². The van der Waals surface area contributed by atoms with E-state index in [9.17, 15) is 52.4 Å². The predicted molar refractivity (Wildman–Crippen MR) is 161 cm³/mol. The first kappa shape index (κ1) is 31.7. The molecule has 4 aromatic carbocycles. The molecule has 2 heterocycles. The average Bonchev–Trinajstić information content (AvgIpc) is 2.95. The Hall–Kier alpha value is -4.28. The number of benzene rings is 4. The summed E-state index contributed by atoms with van der Waals surface area (Å²) in [5, 5.41) is -0.513. The fourth-order valence-electron chi connectivity index (χ4n) is 5.19. The van der Waals surface area contributed by atoms with Crippen LogP contribution in [0.4, 0.5) is 0 Å². The quantitative estimate of drug-likeness (QED) is 0.116. The second-order valence-electron chi connectivity index (χ2n) is 9.88. The molecule has 0 radical (unpaired) electrons. The average molecular weight is 712 g/mol. The van der Waals surface area contributed by atoms with E-state index in [0.717, 1.165) is 48.5 Å². The zero-order chi connectivity index (χ0) is 33.6. The van der Waals surface area contributed by atoms with Crippen molar-refractivity contribution < 1.29 is 55.9 Å². The van der Waals surface area contributed by atoms with Gasteiger partial charge in [0.15, 0.2) is 15.4 Å². The number of hydrogen-bond donors (Lipinski definition) is 3. The molecule has 2 aromatic heterocycles. The van der Waals surface area contributed by atoms with Gasteiger partial charge in [-0.15, -0.1) is 0 Å². The zero-order valence-electron chi connectivity index (χ0n) is 22.5. The Kier molecular flexibility index (Phi) is 7.14. The van der Waals surface area contributed by atoms with Crippen molar-refractivity contribution in [1.29, 1.82) is 0 Å². The van der Waals surface area contributed by atoms with Crippen molar-refractivity contribution in [1.82, 2.24) is 4.57 Å². The summed E-state index contributed by atoms with van der Waals surface area (Å²) in [6, 6.07) is 10.9. The minimum Gasteiger partial charge on any atom is -0.455 e. The van der Waals surface area contributed by atoms with Crippen molar-refractivity contribution >= 4 is 84.0 Å². The molecule has 6 rings (SSSR count). The number of rotatable bonds is 8. The van der Waals surface area contributed by atoms with E-state index < -0.39 is 79.3 Å². The molecule has 0 saturated carbocycles. The molecular weight excluding hydrogens is 695 g/mol. The van der Waals surface area contributed by atoms with E-state index in [2.05, 4.69) is 4.18 Å². The maximum Gasteiger partial charge on any atom is 0.397 e. The molecule has 0 atom stereocenters. The van der Waals surface area contributed by atoms with Crippen LogP contribution in [0.2, 0.25) is 0 Å². The van der Waals surface area contributed by atoms with Crippen molar-refractivity contribution in [2.75, 3.05) is 12.4 Å². The van der Waals surface area contributed by atoms with Crippen molar-refractivity contribution in [3.63, 3.8) is 0 Å². The summed E-state index contributed by atoms with van der Waals surface area (Å²) in [6.45, 7) is -0.891. The summed E-state index contributed by atoms with van der Waals surface area (Å²) in [6.07, 6.45) is 0. The van der Waals surface area contributed by atoms with Gasteiger partial charge in [0, 0.05) is 21.5 Å². The number of hydrogen-bond acceptors (Lipinski definition) is 12. The molecule has 0 fully saturated rings. The first-order chi connectivity index (χ1) is 21.3. The number of fused-ring (bicyclic) bond motifs is 2. The first-order valence-electron chi connectivity index (χ1n) is 12.5. The largest absolute Gasteiger partial charge is 0.455 e. The van der Waals surface area contributed by atoms with Gasteiger partial charge in [0.2, 0.25) is 0 Å². The van der Waals surface area contributed by atoms with Crippen molar-refractivity contribution in [2.45, 2.75) is 14.7 Å². The highest BCUT2D eigenvalue weighted by molar-refractivity contribution is 7.91. The molecule has 6 aromatic rings. The lowest BCUT2D eigenvalue weighted by Gasteiger charge is -2.16. The van der Waals surface area contributed by atoms with Gasteiger partial charge in [-0.2, -0.15) is 25.3 Å². The maximum absolute atomic E-state index is 13.8. The second-order valence-corrected chi connectivity index (χ2v) is 15.9. The monoisotopic (exact) mass is 711 g/mol. The van der Waals surface area contributed by atoms with Gasteiger partial charge in [-0.3, -0.25) is 23.2 Å². The standard InChI is InChI=1S/C26H17NO15S4/c28-25-17-7-6-16-18-11-15(44(32,33)34)5-8-20(18)42-24-21(45(35,36)37)12-19(22(17)23(16)24)26(29)27(25)13-1-3-14(4-2-13)43(30,31)10-9-41-46(38,39)40/h1-8,11-12H,9-10H2,(H,32,33,34)(H,35,36,37)(H,38,39,40). The molecule has 3 N–H and O–H groups in total. The van der Waals surface area contributed by atoms with Gasteiger partial charge in [-0.05, 0) is 60.0 Å². The molecular formula is C26H17NO15S4. The molecule has 0 aliphatic rings. The van der Waals surface area contributed by atoms with Crippen LogP contribution in [0.3, 0.4) is 0 Å². The molecule has 46 heavy (non-hydrogen) atoms. The summed E-state index contributed by atoms with van der Waals surface area (Å²) in [5.74, 6) is -0.844. The van der Waals surface area contributed by atoms with Crippen molar-refractivity contribution in [2.24, 2.45) is 0 Å². The third kappa shape index (κ3) is 5.33. The van der Waals surface area contributed by atoms with Gasteiger partial charge < -0.3 is 4.42 Å². The SMILES string of the molecule is O=c1c2ccc3c4cc(S(=O)(=O)O)ccc4oc4c(S(=O)(=O)O)cc(c(=O)n1-c1ccc(S(=O)(=O)CCOS(=O)(=O)O)cc1)c2c43. The van der Waals surface area contributed by atoms with E-state index >= 15 is 0 Å². The van der Waals surface area contributed by atoms with Crippen LogP contribution in [0.5, 0.6) is 0 Å². The Morgan fingerprint density at radius 3 is 1.87 bits per heavy atom. The van der Waals surface area contributed by atoms with Crippen LogP contribution in [-0.4, -0.2) is 64.3 Å². The number of sulfone groups is 1. The van der Waals surface area contributed by atoms with Gasteiger partial charge in [0.25, 0.3) is 31.4 Å². The van der Waals surface area contributed by atoms with Gasteiger partial charge in [-0.1, -0.05) is 6.07 Å². The van der Waals surface area contributed by atoms with E-state index in [1.165, 1.54) is 12.1 Å². The molecule has 20 heteroatoms. The smallest absolute Gasteiger partial charge is 0.397 e. The van der Waals surface area contributed by atoms with Gasteiger partial charge in [0.1, 0.15) is 10.5 Å². The lowest BCUT2D eigenvalue weighted by molar-refractivity contribution is 0.284. The lowest BCUT2D eigenvalue weighted by Crippen LogP contribution is -2.32. The Morgan fingerprint density at radius 2 is 1.26 bits per heavy atom. The van der Waals surface area contributed by atoms with Crippen LogP contribution >= 0.6 is 0 Å². The fraction of sp³-hybridized carbons (Fsp3) is 0.0769. The highest BCUT2D eigenvalue weighted by Gasteiger charge is 2.27. The molecule has 0 spiro atoms. The highest BCUT2D eigenvalue weighted by atomic mass is 32.3. The summed E-state index contributed by atoms with van der Waals surface area (Å²) in [5.41, 5.74) is -2.62. The van der Waals surface area contributed by atoms with Crippen molar-refractivity contribution in [3.05, 3.63) is 81.4 Å². The third-order valence-corrected chi connectivity index (χ3v) is 11.0. The zero-order valence-corrected chi connectivity index (χ0v) is 25.8. The van der Waals surface area contributed by atoms with E-state index in [4.69, 9.17) is 8.97 Å². The Morgan fingerprint density at radius 1 is 0.652 bits per heavy atom. The Balaban J connectivity index is 1.62. The number of nitrogens with zero attached hydrogens (tertiary/aromatic N) is 1. The molecule has 0 amide bonds. The van der Waals surface area contributed by atoms with Gasteiger partial charge in [0.05, 0.1) is 33.2 Å². The Bertz CT molecular complexity index is 2840. The summed E-state index contributed by atoms with van der Waals surface area (Å²) >= 11 is 0. The van der Waals surface area contributed by atoms with Gasteiger partial charge in [-0.25, -0.2) is 17.2 Å². The molecule has 240 valence electrons. The molecule has 0 aliphatic heterocycles. The van der Waals surface area contributed by atoms with Crippen LogP contribution < -0.4 is 11.1 Å². The van der Waals surface area contributed by atoms with E-state index in [1.807, 2.05) is 0 Å². The normalized spacial score (nSPS) is 13.4. The van der Waals surface area contributed by atoms with Crippen LogP contribution in [0, 0.1) is 0 Å². The van der Waals surface area contributed by atoms with E-state index in [-0.39, 0.29) is 48.5 Å². The van der Waals surface area contributed by atoms with Crippen LogP contribution in [0.25, 0.3) is 49.2 Å². The molecule has 0 saturated heterocycles.